The molecular formula is C15H12N2O2. The maximum atomic E-state index is 12.2. The molecule has 94 valence electrons. The minimum absolute atomic E-state index is 0.217. The number of carbonyl (C=O) groups is 2. The highest BCUT2D eigenvalue weighted by Gasteiger charge is 2.32. The summed E-state index contributed by atoms with van der Waals surface area (Å²) in [7, 11) is 1.53. The second-order valence-electron chi connectivity index (χ2n) is 5.02. The summed E-state index contributed by atoms with van der Waals surface area (Å²) in [5.41, 5.74) is 2.36. The molecule has 4 rings (SSSR count). The Hall–Kier alpha value is -2.36. The van der Waals surface area contributed by atoms with Gasteiger partial charge >= 0.3 is 0 Å². The molecule has 0 radical (unpaired) electrons. The Kier molecular flexibility index (Phi) is 1.86. The Balaban J connectivity index is 2.14. The maximum absolute atomic E-state index is 12.2. The first-order valence-corrected chi connectivity index (χ1v) is 6.31. The molecule has 2 aliphatic rings. The molecule has 1 saturated heterocycles. The van der Waals surface area contributed by atoms with E-state index in [0.717, 1.165) is 29.5 Å². The van der Waals surface area contributed by atoms with Crippen LogP contribution in [0.5, 0.6) is 0 Å². The van der Waals surface area contributed by atoms with Crippen LogP contribution in [-0.4, -0.2) is 36.9 Å². The van der Waals surface area contributed by atoms with E-state index in [-0.39, 0.29) is 11.8 Å². The summed E-state index contributed by atoms with van der Waals surface area (Å²) in [5, 5.41) is 1.81. The van der Waals surface area contributed by atoms with Crippen LogP contribution < -0.4 is 4.90 Å². The summed E-state index contributed by atoms with van der Waals surface area (Å²) in [4.78, 5) is 27.8. The first-order chi connectivity index (χ1) is 9.18. The average Bonchev–Trinajstić information content (AvgIpc) is 3.26. The molecule has 2 amide bonds. The highest BCUT2D eigenvalue weighted by Crippen LogP contribution is 2.37. The molecule has 2 aromatic carbocycles. The van der Waals surface area contributed by atoms with Crippen LogP contribution in [0.2, 0.25) is 0 Å². The van der Waals surface area contributed by atoms with Gasteiger partial charge in [0.2, 0.25) is 0 Å². The van der Waals surface area contributed by atoms with Crippen LogP contribution in [0.4, 0.5) is 5.69 Å². The van der Waals surface area contributed by atoms with Crippen molar-refractivity contribution in [3.8, 4) is 0 Å². The molecule has 2 aromatic rings. The number of hydrogen-bond donors (Lipinski definition) is 0. The fourth-order valence-corrected chi connectivity index (χ4v) is 2.77. The summed E-state index contributed by atoms with van der Waals surface area (Å²) >= 11 is 0. The molecule has 0 unspecified atom stereocenters. The number of hydrogen-bond acceptors (Lipinski definition) is 3. The molecule has 0 bridgehead atoms. The molecule has 0 aliphatic carbocycles. The molecule has 1 fully saturated rings. The van der Waals surface area contributed by atoms with E-state index < -0.39 is 0 Å². The Bertz CT molecular complexity index is 725. The van der Waals surface area contributed by atoms with Crippen LogP contribution in [0.3, 0.4) is 0 Å². The lowest BCUT2D eigenvalue weighted by Gasteiger charge is -2.24. The van der Waals surface area contributed by atoms with E-state index in [2.05, 4.69) is 4.90 Å². The van der Waals surface area contributed by atoms with Gasteiger partial charge in [-0.1, -0.05) is 12.1 Å². The second-order valence-corrected chi connectivity index (χ2v) is 5.02. The average molecular weight is 252 g/mol. The molecule has 0 N–H and O–H groups in total. The van der Waals surface area contributed by atoms with Gasteiger partial charge in [0, 0.05) is 47.7 Å². The lowest BCUT2D eigenvalue weighted by Crippen LogP contribution is -2.36. The van der Waals surface area contributed by atoms with Gasteiger partial charge in [0.15, 0.2) is 0 Å². The number of rotatable bonds is 1. The lowest BCUT2D eigenvalue weighted by molar-refractivity contribution is 0.0651. The van der Waals surface area contributed by atoms with E-state index in [0.29, 0.717) is 11.1 Å². The molecular weight excluding hydrogens is 240 g/mol. The largest absolute Gasteiger partial charge is 0.367 e. The molecule has 4 nitrogen and oxygen atoms in total. The fourth-order valence-electron chi connectivity index (χ4n) is 2.77. The van der Waals surface area contributed by atoms with Crippen molar-refractivity contribution >= 4 is 28.3 Å². The SMILES string of the molecule is CN1C(=O)c2cccc3c(N4CC4)ccc(c23)C1=O. The van der Waals surface area contributed by atoms with Crippen molar-refractivity contribution in [3.63, 3.8) is 0 Å². The number of nitrogens with zero attached hydrogens (tertiary/aromatic N) is 2. The number of amides is 2. The van der Waals surface area contributed by atoms with Gasteiger partial charge in [-0.05, 0) is 18.2 Å². The first-order valence-electron chi connectivity index (χ1n) is 6.31. The van der Waals surface area contributed by atoms with Crippen LogP contribution in [0, 0.1) is 0 Å². The van der Waals surface area contributed by atoms with Gasteiger partial charge in [0.25, 0.3) is 11.8 Å². The summed E-state index contributed by atoms with van der Waals surface area (Å²) in [6.07, 6.45) is 0. The molecule has 19 heavy (non-hydrogen) atoms. The minimum atomic E-state index is -0.217. The van der Waals surface area contributed by atoms with Gasteiger partial charge in [0.1, 0.15) is 0 Å². The van der Waals surface area contributed by atoms with Gasteiger partial charge in [-0.3, -0.25) is 14.5 Å². The Morgan fingerprint density at radius 3 is 2.32 bits per heavy atom. The van der Waals surface area contributed by atoms with Crippen LogP contribution in [0.1, 0.15) is 20.7 Å². The van der Waals surface area contributed by atoms with Crippen molar-refractivity contribution in [1.29, 1.82) is 0 Å². The Morgan fingerprint density at radius 1 is 0.947 bits per heavy atom. The van der Waals surface area contributed by atoms with Crippen molar-refractivity contribution in [3.05, 3.63) is 41.5 Å². The minimum Gasteiger partial charge on any atom is -0.367 e. The molecule has 2 aliphatic heterocycles. The predicted octanol–water partition coefficient (Wildman–Crippen LogP) is 1.89. The van der Waals surface area contributed by atoms with E-state index in [4.69, 9.17) is 0 Å². The molecule has 4 heteroatoms. The smallest absolute Gasteiger partial charge is 0.261 e. The highest BCUT2D eigenvalue weighted by molar-refractivity contribution is 6.26. The topological polar surface area (TPSA) is 40.4 Å². The number of benzene rings is 2. The summed E-state index contributed by atoms with van der Waals surface area (Å²) in [6, 6.07) is 9.49. The monoisotopic (exact) mass is 252 g/mol. The fraction of sp³-hybridized carbons (Fsp3) is 0.200. The van der Waals surface area contributed by atoms with E-state index >= 15 is 0 Å². The van der Waals surface area contributed by atoms with Crippen LogP contribution in [0.25, 0.3) is 10.8 Å². The van der Waals surface area contributed by atoms with Crippen molar-refractivity contribution in [2.45, 2.75) is 0 Å². The van der Waals surface area contributed by atoms with Gasteiger partial charge in [-0.2, -0.15) is 0 Å². The second kappa shape index (κ2) is 3.35. The predicted molar refractivity (Wildman–Crippen MR) is 72.6 cm³/mol. The van der Waals surface area contributed by atoms with Crippen molar-refractivity contribution in [2.75, 3.05) is 25.0 Å². The van der Waals surface area contributed by atoms with Gasteiger partial charge in [0.05, 0.1) is 0 Å². The standard InChI is InChI=1S/C15H12N2O2/c1-16-14(18)10-4-2-3-9-12(17-7-8-17)6-5-11(13(9)10)15(16)19/h2-6H,7-8H2,1H3. The van der Waals surface area contributed by atoms with E-state index in [1.54, 1.807) is 6.07 Å². The molecule has 0 saturated carbocycles. The maximum Gasteiger partial charge on any atom is 0.261 e. The van der Waals surface area contributed by atoms with E-state index in [1.807, 2.05) is 24.3 Å². The van der Waals surface area contributed by atoms with Crippen molar-refractivity contribution in [2.24, 2.45) is 0 Å². The zero-order valence-corrected chi connectivity index (χ0v) is 10.5. The molecule has 0 spiro atoms. The van der Waals surface area contributed by atoms with Gasteiger partial charge < -0.3 is 4.90 Å². The van der Waals surface area contributed by atoms with E-state index in [1.165, 1.54) is 11.9 Å². The summed E-state index contributed by atoms with van der Waals surface area (Å²) < 4.78 is 0. The van der Waals surface area contributed by atoms with E-state index in [9.17, 15) is 9.59 Å². The third-order valence-electron chi connectivity index (χ3n) is 3.88. The summed E-state index contributed by atoms with van der Waals surface area (Å²) in [5.74, 6) is -0.433. The van der Waals surface area contributed by atoms with Gasteiger partial charge in [-0.25, -0.2) is 0 Å². The number of carbonyl (C=O) groups excluding carboxylic acids is 2. The lowest BCUT2D eigenvalue weighted by atomic mass is 9.93. The zero-order valence-electron chi connectivity index (χ0n) is 10.5. The van der Waals surface area contributed by atoms with Crippen molar-refractivity contribution in [1.82, 2.24) is 4.90 Å². The van der Waals surface area contributed by atoms with Crippen molar-refractivity contribution < 1.29 is 9.59 Å². The molecule has 2 heterocycles. The van der Waals surface area contributed by atoms with Crippen LogP contribution in [0.15, 0.2) is 30.3 Å². The third kappa shape index (κ3) is 1.28. The first kappa shape index (κ1) is 10.6. The normalized spacial score (nSPS) is 17.3. The van der Waals surface area contributed by atoms with Crippen LogP contribution in [-0.2, 0) is 0 Å². The quantitative estimate of drug-likeness (QED) is 0.575. The Morgan fingerprint density at radius 2 is 1.63 bits per heavy atom. The number of imide groups is 1. The number of anilines is 1. The third-order valence-corrected chi connectivity index (χ3v) is 3.88. The van der Waals surface area contributed by atoms with Crippen LogP contribution >= 0.6 is 0 Å². The molecule has 0 aromatic heterocycles. The molecule has 0 atom stereocenters. The zero-order chi connectivity index (χ0) is 13.1. The Labute approximate surface area is 110 Å². The van der Waals surface area contributed by atoms with Gasteiger partial charge in [-0.15, -0.1) is 0 Å². The summed E-state index contributed by atoms with van der Waals surface area (Å²) in [6.45, 7) is 2.08. The highest BCUT2D eigenvalue weighted by atomic mass is 16.2.